The molecule has 1 aromatic carbocycles. The minimum absolute atomic E-state index is 0.0450. The van der Waals surface area contributed by atoms with E-state index < -0.39 is 23.7 Å². The number of hydrogen-bond donors (Lipinski definition) is 2. The van der Waals surface area contributed by atoms with Crippen LogP contribution >= 0.6 is 0 Å². The van der Waals surface area contributed by atoms with Crippen LogP contribution in [-0.4, -0.2) is 22.2 Å². The Labute approximate surface area is 107 Å². The van der Waals surface area contributed by atoms with E-state index >= 15 is 0 Å². The molecule has 1 unspecified atom stereocenters. The number of aliphatic carboxylic acids is 2. The normalized spacial score (nSPS) is 12.5. The van der Waals surface area contributed by atoms with Crippen LogP contribution in [0.4, 0.5) is 4.39 Å². The van der Waals surface area contributed by atoms with Crippen LogP contribution in [0, 0.1) is 5.82 Å². The predicted molar refractivity (Wildman–Crippen MR) is 63.4 cm³/mol. The predicted octanol–water partition coefficient (Wildman–Crippen LogP) is 2.60. The van der Waals surface area contributed by atoms with Crippen LogP contribution in [0.25, 0.3) is 11.0 Å². The molecule has 1 atom stereocenters. The molecule has 5 nitrogen and oxygen atoms in total. The van der Waals surface area contributed by atoms with E-state index in [1.54, 1.807) is 0 Å². The fourth-order valence-electron chi connectivity index (χ4n) is 1.97. The Hall–Kier alpha value is -2.37. The third-order valence-electron chi connectivity index (χ3n) is 2.89. The van der Waals surface area contributed by atoms with Crippen molar-refractivity contribution >= 4 is 22.9 Å². The van der Waals surface area contributed by atoms with E-state index in [0.29, 0.717) is 10.9 Å². The Morgan fingerprint density at radius 2 is 2.05 bits per heavy atom. The first-order chi connectivity index (χ1) is 8.99. The highest BCUT2D eigenvalue weighted by Crippen LogP contribution is 2.31. The molecule has 100 valence electrons. The summed E-state index contributed by atoms with van der Waals surface area (Å²) >= 11 is 0. The van der Waals surface area contributed by atoms with E-state index in [4.69, 9.17) is 14.6 Å². The fourth-order valence-corrected chi connectivity index (χ4v) is 1.97. The molecule has 0 bridgehead atoms. The molecule has 0 aliphatic heterocycles. The highest BCUT2D eigenvalue weighted by molar-refractivity contribution is 5.88. The molecule has 19 heavy (non-hydrogen) atoms. The van der Waals surface area contributed by atoms with Gasteiger partial charge in [-0.1, -0.05) is 0 Å². The lowest BCUT2D eigenvalue weighted by Gasteiger charge is -2.09. The number of furan rings is 1. The van der Waals surface area contributed by atoms with Crippen LogP contribution in [0.15, 0.2) is 28.9 Å². The van der Waals surface area contributed by atoms with Gasteiger partial charge in [-0.2, -0.15) is 0 Å². The van der Waals surface area contributed by atoms with Crippen LogP contribution in [0.3, 0.4) is 0 Å². The summed E-state index contributed by atoms with van der Waals surface area (Å²) < 4.78 is 18.1. The maximum absolute atomic E-state index is 13.0. The van der Waals surface area contributed by atoms with Crippen molar-refractivity contribution in [1.82, 2.24) is 0 Å². The number of carboxylic acid groups (broad SMARTS) is 2. The first-order valence-electron chi connectivity index (χ1n) is 5.60. The molecule has 0 spiro atoms. The van der Waals surface area contributed by atoms with Gasteiger partial charge in [-0.15, -0.1) is 0 Å². The van der Waals surface area contributed by atoms with Gasteiger partial charge in [0, 0.05) is 23.4 Å². The van der Waals surface area contributed by atoms with Crippen molar-refractivity contribution in [2.24, 2.45) is 0 Å². The van der Waals surface area contributed by atoms with Crippen molar-refractivity contribution < 1.29 is 28.6 Å². The van der Waals surface area contributed by atoms with Crippen LogP contribution in [0.1, 0.15) is 24.3 Å². The summed E-state index contributed by atoms with van der Waals surface area (Å²) in [6.45, 7) is 0. The molecule has 1 heterocycles. The molecular formula is C13H11FO5. The van der Waals surface area contributed by atoms with E-state index in [0.717, 1.165) is 6.07 Å². The molecule has 2 aromatic rings. The monoisotopic (exact) mass is 266 g/mol. The average molecular weight is 266 g/mol. The molecule has 0 radical (unpaired) electrons. The number of rotatable bonds is 5. The number of carboxylic acids is 2. The molecule has 0 saturated heterocycles. The Kier molecular flexibility index (Phi) is 3.50. The second-order valence-electron chi connectivity index (χ2n) is 4.15. The zero-order valence-electron chi connectivity index (χ0n) is 9.80. The molecule has 0 aliphatic carbocycles. The van der Waals surface area contributed by atoms with Gasteiger partial charge in [0.05, 0.1) is 12.2 Å². The lowest BCUT2D eigenvalue weighted by molar-refractivity contribution is -0.140. The van der Waals surface area contributed by atoms with Crippen molar-refractivity contribution in [2.45, 2.75) is 18.8 Å². The molecule has 0 amide bonds. The quantitative estimate of drug-likeness (QED) is 0.868. The molecule has 0 aliphatic rings. The van der Waals surface area contributed by atoms with Gasteiger partial charge in [0.2, 0.25) is 0 Å². The van der Waals surface area contributed by atoms with Crippen LogP contribution in [0.5, 0.6) is 0 Å². The maximum atomic E-state index is 13.0. The van der Waals surface area contributed by atoms with Crippen molar-refractivity contribution in [3.8, 4) is 0 Å². The summed E-state index contributed by atoms with van der Waals surface area (Å²) in [5.41, 5.74) is 0.611. The lowest BCUT2D eigenvalue weighted by atomic mass is 9.94. The molecule has 0 fully saturated rings. The Morgan fingerprint density at radius 3 is 2.68 bits per heavy atom. The van der Waals surface area contributed by atoms with Crippen molar-refractivity contribution in [1.29, 1.82) is 0 Å². The number of benzene rings is 1. The van der Waals surface area contributed by atoms with E-state index in [-0.39, 0.29) is 18.4 Å². The molecule has 2 N–H and O–H groups in total. The summed E-state index contributed by atoms with van der Waals surface area (Å²) in [4.78, 5) is 21.8. The van der Waals surface area contributed by atoms with Gasteiger partial charge in [-0.3, -0.25) is 9.59 Å². The summed E-state index contributed by atoms with van der Waals surface area (Å²) in [6, 6.07) is 3.80. The highest BCUT2D eigenvalue weighted by Gasteiger charge is 2.24. The van der Waals surface area contributed by atoms with Crippen LogP contribution < -0.4 is 0 Å². The zero-order valence-corrected chi connectivity index (χ0v) is 9.80. The van der Waals surface area contributed by atoms with Gasteiger partial charge >= 0.3 is 11.9 Å². The first kappa shape index (κ1) is 13.1. The summed E-state index contributed by atoms with van der Waals surface area (Å²) in [7, 11) is 0. The molecule has 0 saturated carbocycles. The standard InChI is InChI=1S/C13H11FO5/c14-7-1-2-8-10(6-19-11(8)5-7)9(13(17)18)3-4-12(15)16/h1-2,5-6,9H,3-4H2,(H,15,16)(H,17,18). The molecule has 2 rings (SSSR count). The van der Waals surface area contributed by atoms with Gasteiger partial charge in [-0.05, 0) is 18.6 Å². The number of hydrogen-bond acceptors (Lipinski definition) is 3. The minimum atomic E-state index is -1.13. The summed E-state index contributed by atoms with van der Waals surface area (Å²) in [6.07, 6.45) is 0.937. The average Bonchev–Trinajstić information content (AvgIpc) is 2.71. The number of carbonyl (C=O) groups is 2. The largest absolute Gasteiger partial charge is 0.481 e. The number of halogens is 1. The Morgan fingerprint density at radius 1 is 1.32 bits per heavy atom. The van der Waals surface area contributed by atoms with Gasteiger partial charge in [-0.25, -0.2) is 4.39 Å². The zero-order chi connectivity index (χ0) is 14.0. The second kappa shape index (κ2) is 5.09. The van der Waals surface area contributed by atoms with Crippen LogP contribution in [0.2, 0.25) is 0 Å². The summed E-state index contributed by atoms with van der Waals surface area (Å²) in [5.74, 6) is -3.66. The Balaban J connectivity index is 2.39. The first-order valence-corrected chi connectivity index (χ1v) is 5.60. The van der Waals surface area contributed by atoms with E-state index in [2.05, 4.69) is 0 Å². The second-order valence-corrected chi connectivity index (χ2v) is 4.15. The van der Waals surface area contributed by atoms with Crippen LogP contribution in [-0.2, 0) is 9.59 Å². The summed E-state index contributed by atoms with van der Waals surface area (Å²) in [5, 5.41) is 18.3. The third kappa shape index (κ3) is 2.73. The van der Waals surface area contributed by atoms with E-state index in [1.807, 2.05) is 0 Å². The van der Waals surface area contributed by atoms with E-state index in [9.17, 15) is 14.0 Å². The van der Waals surface area contributed by atoms with Crippen molar-refractivity contribution in [3.05, 3.63) is 35.8 Å². The topological polar surface area (TPSA) is 87.7 Å². The lowest BCUT2D eigenvalue weighted by Crippen LogP contribution is -2.13. The number of fused-ring (bicyclic) bond motifs is 1. The maximum Gasteiger partial charge on any atom is 0.311 e. The molecular weight excluding hydrogens is 255 g/mol. The van der Waals surface area contributed by atoms with Gasteiger partial charge in [0.25, 0.3) is 0 Å². The van der Waals surface area contributed by atoms with Gasteiger partial charge in [0.1, 0.15) is 11.4 Å². The van der Waals surface area contributed by atoms with Crippen molar-refractivity contribution in [3.63, 3.8) is 0 Å². The Bertz CT molecular complexity index is 631. The fraction of sp³-hybridized carbons (Fsp3) is 0.231. The smallest absolute Gasteiger partial charge is 0.311 e. The van der Waals surface area contributed by atoms with E-state index in [1.165, 1.54) is 18.4 Å². The highest BCUT2D eigenvalue weighted by atomic mass is 19.1. The third-order valence-corrected chi connectivity index (χ3v) is 2.89. The van der Waals surface area contributed by atoms with Gasteiger partial charge in [0.15, 0.2) is 0 Å². The molecule has 6 heteroatoms. The molecule has 1 aromatic heterocycles. The SMILES string of the molecule is O=C(O)CCC(C(=O)O)c1coc2cc(F)ccc12. The van der Waals surface area contributed by atoms with Crippen molar-refractivity contribution in [2.75, 3.05) is 0 Å². The minimum Gasteiger partial charge on any atom is -0.481 e. The van der Waals surface area contributed by atoms with Gasteiger partial charge < -0.3 is 14.6 Å².